The van der Waals surface area contributed by atoms with E-state index < -0.39 is 6.10 Å². The molecule has 3 aromatic rings. The summed E-state index contributed by atoms with van der Waals surface area (Å²) >= 11 is 0. The summed E-state index contributed by atoms with van der Waals surface area (Å²) in [4.78, 5) is 16.8. The maximum atomic E-state index is 13.0. The summed E-state index contributed by atoms with van der Waals surface area (Å²) in [5, 5.41) is 13.7. The Balaban J connectivity index is 1.73. The smallest absolute Gasteiger partial charge is 0.323 e. The van der Waals surface area contributed by atoms with Crippen LogP contribution < -0.4 is 11.0 Å². The lowest BCUT2D eigenvalue weighted by atomic mass is 10.0. The van der Waals surface area contributed by atoms with Gasteiger partial charge in [0.2, 0.25) is 0 Å². The second kappa shape index (κ2) is 6.59. The molecule has 2 aromatic carbocycles. The lowest BCUT2D eigenvalue weighted by Crippen LogP contribution is -2.34. The number of aromatic nitrogens is 2. The van der Waals surface area contributed by atoms with Crippen LogP contribution in [0.3, 0.4) is 0 Å². The fourth-order valence-electron chi connectivity index (χ4n) is 2.85. The van der Waals surface area contributed by atoms with Crippen LogP contribution in [0.25, 0.3) is 11.0 Å². The molecule has 6 heteroatoms. The number of halogens is 1. The minimum atomic E-state index is -0.746. The second-order valence-corrected chi connectivity index (χ2v) is 6.06. The minimum Gasteiger partial charge on any atom is -0.387 e. The van der Waals surface area contributed by atoms with E-state index in [1.165, 1.54) is 12.1 Å². The van der Waals surface area contributed by atoms with Crippen LogP contribution in [0.1, 0.15) is 37.1 Å². The number of fused-ring (bicyclic) bond motifs is 1. The van der Waals surface area contributed by atoms with Crippen LogP contribution in [0.5, 0.6) is 0 Å². The largest absolute Gasteiger partial charge is 0.387 e. The van der Waals surface area contributed by atoms with Crippen molar-refractivity contribution in [2.75, 3.05) is 0 Å². The number of aromatic amines is 2. The molecule has 0 aliphatic heterocycles. The zero-order chi connectivity index (χ0) is 17.3. The van der Waals surface area contributed by atoms with Gasteiger partial charge in [0.25, 0.3) is 0 Å². The van der Waals surface area contributed by atoms with Gasteiger partial charge < -0.3 is 20.4 Å². The molecule has 0 bridgehead atoms. The number of benzene rings is 2. The Bertz CT molecular complexity index is 885. The molecule has 24 heavy (non-hydrogen) atoms. The summed E-state index contributed by atoms with van der Waals surface area (Å²) in [5.74, 6) is -0.325. The quantitative estimate of drug-likeness (QED) is 0.581. The number of aliphatic hydroxyl groups excluding tert-OH is 1. The molecule has 1 aromatic heterocycles. The van der Waals surface area contributed by atoms with E-state index in [0.717, 1.165) is 16.6 Å². The number of nitrogens with one attached hydrogen (secondary N) is 3. The van der Waals surface area contributed by atoms with Crippen LogP contribution in [-0.2, 0) is 0 Å². The van der Waals surface area contributed by atoms with Gasteiger partial charge in [-0.1, -0.05) is 18.2 Å². The van der Waals surface area contributed by atoms with Crippen molar-refractivity contribution < 1.29 is 9.50 Å². The zero-order valence-corrected chi connectivity index (χ0v) is 13.5. The molecule has 0 spiro atoms. The summed E-state index contributed by atoms with van der Waals surface area (Å²) < 4.78 is 13.0. The van der Waals surface area contributed by atoms with Crippen molar-refractivity contribution in [1.82, 2.24) is 15.3 Å². The van der Waals surface area contributed by atoms with Gasteiger partial charge >= 0.3 is 5.69 Å². The summed E-state index contributed by atoms with van der Waals surface area (Å²) in [5.41, 5.74) is 2.93. The Kier molecular flexibility index (Phi) is 4.51. The summed E-state index contributed by atoms with van der Waals surface area (Å²) in [7, 11) is 0. The molecule has 1 heterocycles. The van der Waals surface area contributed by atoms with Crippen LogP contribution >= 0.6 is 0 Å². The van der Waals surface area contributed by atoms with E-state index in [2.05, 4.69) is 15.3 Å². The van der Waals surface area contributed by atoms with Crippen molar-refractivity contribution in [3.63, 3.8) is 0 Å². The number of imidazole rings is 1. The van der Waals surface area contributed by atoms with Gasteiger partial charge in [0.15, 0.2) is 0 Å². The maximum Gasteiger partial charge on any atom is 0.323 e. The molecule has 0 aliphatic carbocycles. The third kappa shape index (κ3) is 3.39. The molecule has 126 valence electrons. The Morgan fingerprint density at radius 3 is 2.33 bits per heavy atom. The van der Waals surface area contributed by atoms with Gasteiger partial charge in [-0.2, -0.15) is 0 Å². The van der Waals surface area contributed by atoms with Crippen molar-refractivity contribution in [2.45, 2.75) is 32.0 Å². The molecular formula is C18H20FN3O2. The number of aliphatic hydroxyl groups is 1. The average Bonchev–Trinajstić information content (AvgIpc) is 2.93. The molecule has 0 fully saturated rings. The Labute approximate surface area is 138 Å². The molecule has 3 rings (SSSR count). The highest BCUT2D eigenvalue weighted by Gasteiger charge is 2.19. The van der Waals surface area contributed by atoms with Gasteiger partial charge in [0, 0.05) is 12.1 Å². The summed E-state index contributed by atoms with van der Waals surface area (Å²) in [6.07, 6.45) is -0.746. The molecule has 0 amide bonds. The highest BCUT2D eigenvalue weighted by Crippen LogP contribution is 2.22. The third-order valence-corrected chi connectivity index (χ3v) is 4.24. The van der Waals surface area contributed by atoms with E-state index in [-0.39, 0.29) is 23.6 Å². The van der Waals surface area contributed by atoms with E-state index >= 15 is 0 Å². The predicted molar refractivity (Wildman–Crippen MR) is 91.3 cm³/mol. The molecule has 4 N–H and O–H groups in total. The lowest BCUT2D eigenvalue weighted by Gasteiger charge is -2.25. The zero-order valence-electron chi connectivity index (χ0n) is 13.5. The van der Waals surface area contributed by atoms with Gasteiger partial charge in [-0.05, 0) is 49.2 Å². The fourth-order valence-corrected chi connectivity index (χ4v) is 2.85. The number of rotatable bonds is 5. The Morgan fingerprint density at radius 1 is 1.00 bits per heavy atom. The molecule has 5 nitrogen and oxygen atoms in total. The summed E-state index contributed by atoms with van der Waals surface area (Å²) in [6.45, 7) is 3.86. The first-order valence-corrected chi connectivity index (χ1v) is 7.85. The lowest BCUT2D eigenvalue weighted by molar-refractivity contribution is 0.130. The van der Waals surface area contributed by atoms with Gasteiger partial charge in [-0.25, -0.2) is 9.18 Å². The fraction of sp³-hybridized carbons (Fsp3) is 0.278. The van der Waals surface area contributed by atoms with Crippen LogP contribution in [-0.4, -0.2) is 21.1 Å². The predicted octanol–water partition coefficient (Wildman–Crippen LogP) is 2.77. The van der Waals surface area contributed by atoms with Gasteiger partial charge in [0.05, 0.1) is 17.1 Å². The molecule has 0 saturated carbocycles. The van der Waals surface area contributed by atoms with E-state index in [1.54, 1.807) is 12.1 Å². The Hall–Kier alpha value is -2.44. The van der Waals surface area contributed by atoms with Crippen molar-refractivity contribution in [2.24, 2.45) is 0 Å². The SMILES string of the molecule is CC(NC(C)C(O)c1ccc(F)cc1)c1ccc2[nH]c(=O)[nH]c2c1. The average molecular weight is 329 g/mol. The standard InChI is InChI=1S/C18H20FN3O2/c1-10(13-5-8-15-16(9-13)22-18(24)21-15)20-11(2)17(23)12-3-6-14(19)7-4-12/h3-11,17,20,23H,1-2H3,(H2,21,22,24). The Morgan fingerprint density at radius 2 is 1.62 bits per heavy atom. The monoisotopic (exact) mass is 329 g/mol. The van der Waals surface area contributed by atoms with Crippen LogP contribution in [0.15, 0.2) is 47.3 Å². The van der Waals surface area contributed by atoms with E-state index in [0.29, 0.717) is 5.56 Å². The van der Waals surface area contributed by atoms with Crippen LogP contribution in [0, 0.1) is 5.82 Å². The minimum absolute atomic E-state index is 0.0297. The third-order valence-electron chi connectivity index (χ3n) is 4.24. The highest BCUT2D eigenvalue weighted by molar-refractivity contribution is 5.75. The molecule has 0 saturated heterocycles. The second-order valence-electron chi connectivity index (χ2n) is 6.06. The summed E-state index contributed by atoms with van der Waals surface area (Å²) in [6, 6.07) is 11.3. The van der Waals surface area contributed by atoms with Crippen LogP contribution in [0.4, 0.5) is 4.39 Å². The van der Waals surface area contributed by atoms with Crippen molar-refractivity contribution in [3.05, 3.63) is 69.9 Å². The van der Waals surface area contributed by atoms with E-state index in [9.17, 15) is 14.3 Å². The first-order valence-electron chi connectivity index (χ1n) is 7.85. The molecular weight excluding hydrogens is 309 g/mol. The number of hydrogen-bond acceptors (Lipinski definition) is 3. The van der Waals surface area contributed by atoms with Crippen molar-refractivity contribution in [1.29, 1.82) is 0 Å². The van der Waals surface area contributed by atoms with Crippen LogP contribution in [0.2, 0.25) is 0 Å². The number of hydrogen-bond donors (Lipinski definition) is 4. The topological polar surface area (TPSA) is 80.9 Å². The van der Waals surface area contributed by atoms with E-state index in [4.69, 9.17) is 0 Å². The highest BCUT2D eigenvalue weighted by atomic mass is 19.1. The normalized spacial score (nSPS) is 15.3. The first kappa shape index (κ1) is 16.4. The number of H-pyrrole nitrogens is 2. The van der Waals surface area contributed by atoms with Gasteiger partial charge in [-0.15, -0.1) is 0 Å². The first-order chi connectivity index (χ1) is 11.4. The molecule has 0 aliphatic rings. The molecule has 0 radical (unpaired) electrons. The van der Waals surface area contributed by atoms with Gasteiger partial charge in [0.1, 0.15) is 5.82 Å². The van der Waals surface area contributed by atoms with Crippen molar-refractivity contribution >= 4 is 11.0 Å². The maximum absolute atomic E-state index is 13.0. The van der Waals surface area contributed by atoms with Crippen molar-refractivity contribution in [3.8, 4) is 0 Å². The van der Waals surface area contributed by atoms with Gasteiger partial charge in [-0.3, -0.25) is 0 Å². The molecule has 3 atom stereocenters. The van der Waals surface area contributed by atoms with E-state index in [1.807, 2.05) is 32.0 Å². The molecule has 3 unspecified atom stereocenters.